The molecule has 0 radical (unpaired) electrons. The summed E-state index contributed by atoms with van der Waals surface area (Å²) in [4.78, 5) is 4.66. The molecule has 0 aromatic heterocycles. The SMILES string of the molecule is Brc1ccc(-c2ccc(Br)cc2)cc1.Brc1ccccc1.C1=CC2CCC1C=C2c1cccc(N(c2ccccc2)c2ccc(-c3ccc(N(c4ccccc4)c4ccccc4)cc3)cc2)c1.Nc1cccc(C2=CC3C=CC2CC3)c1.c1ccc(Nc2ccccc2)cc1. The fourth-order valence-electron chi connectivity index (χ4n) is 12.5. The van der Waals surface area contributed by atoms with Gasteiger partial charge in [-0.2, -0.15) is 0 Å². The minimum Gasteiger partial charge on any atom is -0.399 e. The van der Waals surface area contributed by atoms with Crippen molar-refractivity contribution in [2.75, 3.05) is 20.9 Å². The monoisotopic (exact) mass is 1420 g/mol. The number of allylic oxidation sites excluding steroid dienone is 8. The Hall–Kier alpha value is -9.76. The summed E-state index contributed by atoms with van der Waals surface area (Å²) in [5.74, 6) is 2.39. The molecule has 0 fully saturated rings. The summed E-state index contributed by atoms with van der Waals surface area (Å²) in [6.07, 6.45) is 19.5. The molecule has 468 valence electrons. The van der Waals surface area contributed by atoms with E-state index in [-0.39, 0.29) is 0 Å². The van der Waals surface area contributed by atoms with Crippen molar-refractivity contribution >= 4 is 110 Å². The van der Waals surface area contributed by atoms with Gasteiger partial charge in [0.05, 0.1) is 0 Å². The van der Waals surface area contributed by atoms with Gasteiger partial charge >= 0.3 is 0 Å². The van der Waals surface area contributed by atoms with Crippen LogP contribution >= 0.6 is 47.8 Å². The van der Waals surface area contributed by atoms with Crippen LogP contribution in [0, 0.1) is 23.7 Å². The molecule has 0 spiro atoms. The summed E-state index contributed by atoms with van der Waals surface area (Å²) >= 11 is 10.2. The predicted molar refractivity (Wildman–Crippen MR) is 416 cm³/mol. The van der Waals surface area contributed by atoms with Gasteiger partial charge in [0.25, 0.3) is 0 Å². The minimum atomic E-state index is 0.531. The number of fused-ring (bicyclic) bond motifs is 2. The van der Waals surface area contributed by atoms with Crippen LogP contribution in [0.2, 0.25) is 0 Å². The molecule has 0 saturated heterocycles. The van der Waals surface area contributed by atoms with Crippen molar-refractivity contribution in [2.45, 2.75) is 25.7 Å². The molecule has 0 aliphatic heterocycles. The Kier molecular flexibility index (Phi) is 22.6. The van der Waals surface area contributed by atoms with Gasteiger partial charge < -0.3 is 20.9 Å². The molecule has 3 N–H and O–H groups in total. The maximum atomic E-state index is 5.82. The maximum absolute atomic E-state index is 5.82. The zero-order valence-corrected chi connectivity index (χ0v) is 57.6. The van der Waals surface area contributed by atoms with E-state index >= 15 is 0 Å². The molecular formula is C88H75Br3N4. The second-order valence-electron chi connectivity index (χ2n) is 23.8. The average molecular weight is 1430 g/mol. The lowest BCUT2D eigenvalue weighted by Gasteiger charge is -2.32. The first-order valence-corrected chi connectivity index (χ1v) is 34.9. The fourth-order valence-corrected chi connectivity index (χ4v) is 13.3. The quantitative estimate of drug-likeness (QED) is 0.0945. The number of nitrogens with zero attached hydrogens (tertiary/aromatic N) is 2. The summed E-state index contributed by atoms with van der Waals surface area (Å²) in [6.45, 7) is 0. The van der Waals surface area contributed by atoms with Crippen molar-refractivity contribution in [1.29, 1.82) is 0 Å². The average Bonchev–Trinajstić information content (AvgIpc) is 1.56. The standard InChI is InChI=1S/C44H36N2.C14H15N.C12H8Br2.C12H11N.C6H5Br/c1-4-12-38(13-5-1)45(39-14-6-2-7-15-39)41-27-23-34(24-28-41)35-25-29-42(30-26-35)46(40-16-8-3-9-17-40)43-18-10-11-37(32-43)44-31-33-19-21-36(44)22-20-33;15-13-3-1-2-12(9-13)14-8-10-4-6-11(14)7-5-10;13-11-5-1-9(2-6-11)10-3-7-12(14)8-4-10;1-3-7-11(8-4-1)13-12-9-5-2-6-10-12;7-6-4-2-1-3-5-6/h1-19,21,23-33,36H,20,22H2;1-4,6,8-11H,5,7,15H2;1-8H;1-10,13H;1-5H. The number of benzene rings is 12. The first-order valence-electron chi connectivity index (χ1n) is 32.5. The summed E-state index contributed by atoms with van der Waals surface area (Å²) < 4.78 is 3.35. The number of nitrogens with one attached hydrogen (secondary N) is 1. The van der Waals surface area contributed by atoms with Crippen LogP contribution < -0.4 is 20.9 Å². The van der Waals surface area contributed by atoms with E-state index in [0.717, 1.165) is 58.9 Å². The van der Waals surface area contributed by atoms with Gasteiger partial charge in [-0.1, -0.05) is 266 Å². The van der Waals surface area contributed by atoms with Crippen LogP contribution in [0.25, 0.3) is 33.4 Å². The van der Waals surface area contributed by atoms with E-state index in [2.05, 4.69) is 324 Å². The van der Waals surface area contributed by atoms with E-state index in [1.165, 1.54) is 75.9 Å². The highest BCUT2D eigenvalue weighted by atomic mass is 79.9. The van der Waals surface area contributed by atoms with Crippen LogP contribution in [0.3, 0.4) is 0 Å². The predicted octanol–water partition coefficient (Wildman–Crippen LogP) is 26.3. The third kappa shape index (κ3) is 17.9. The number of anilines is 9. The second-order valence-corrected chi connectivity index (χ2v) is 26.6. The number of halogens is 3. The van der Waals surface area contributed by atoms with E-state index in [1.54, 1.807) is 0 Å². The van der Waals surface area contributed by atoms with E-state index in [4.69, 9.17) is 5.73 Å². The lowest BCUT2D eigenvalue weighted by atomic mass is 9.74. The second kappa shape index (κ2) is 32.9. The lowest BCUT2D eigenvalue weighted by molar-refractivity contribution is 0.543. The van der Waals surface area contributed by atoms with Crippen LogP contribution in [-0.4, -0.2) is 0 Å². The molecule has 95 heavy (non-hydrogen) atoms. The van der Waals surface area contributed by atoms with Crippen LogP contribution in [0.4, 0.5) is 51.2 Å². The van der Waals surface area contributed by atoms with E-state index in [0.29, 0.717) is 23.7 Å². The first-order chi connectivity index (χ1) is 46.7. The topological polar surface area (TPSA) is 44.5 Å². The molecule has 4 unspecified atom stereocenters. The van der Waals surface area contributed by atoms with Gasteiger partial charge in [-0.25, -0.2) is 0 Å². The number of nitrogens with two attached hydrogens (primary N) is 1. The molecule has 6 aliphatic carbocycles. The highest BCUT2D eigenvalue weighted by molar-refractivity contribution is 9.11. The Morgan fingerprint density at radius 2 is 0.589 bits per heavy atom. The molecule has 7 heteroatoms. The van der Waals surface area contributed by atoms with Gasteiger partial charge in [-0.05, 0) is 228 Å². The minimum absolute atomic E-state index is 0.531. The van der Waals surface area contributed by atoms with Crippen LogP contribution in [0.15, 0.2) is 377 Å². The van der Waals surface area contributed by atoms with Crippen molar-refractivity contribution in [3.05, 3.63) is 389 Å². The summed E-state index contributed by atoms with van der Waals surface area (Å²) in [7, 11) is 0. The molecule has 18 rings (SSSR count). The van der Waals surface area contributed by atoms with Gasteiger partial charge in [0, 0.05) is 76.4 Å². The number of para-hydroxylation sites is 5. The van der Waals surface area contributed by atoms with Crippen molar-refractivity contribution in [1.82, 2.24) is 0 Å². The van der Waals surface area contributed by atoms with Gasteiger partial charge in [0.1, 0.15) is 0 Å². The molecule has 12 aromatic carbocycles. The Labute approximate surface area is 586 Å². The Bertz CT molecular complexity index is 4350. The first kappa shape index (κ1) is 65.3. The third-order valence-corrected chi connectivity index (χ3v) is 18.9. The highest BCUT2D eigenvalue weighted by Gasteiger charge is 2.27. The van der Waals surface area contributed by atoms with Crippen molar-refractivity contribution in [3.8, 4) is 22.3 Å². The smallest absolute Gasteiger partial charge is 0.0467 e. The summed E-state index contributed by atoms with van der Waals surface area (Å²) in [6, 6.07) is 114. The molecule has 4 atom stereocenters. The molecule has 0 saturated carbocycles. The molecular weight excluding hydrogens is 1350 g/mol. The Morgan fingerprint density at radius 3 is 0.926 bits per heavy atom. The van der Waals surface area contributed by atoms with E-state index < -0.39 is 0 Å². The van der Waals surface area contributed by atoms with Crippen molar-refractivity contribution in [3.63, 3.8) is 0 Å². The van der Waals surface area contributed by atoms with Crippen LogP contribution in [0.1, 0.15) is 36.8 Å². The maximum Gasteiger partial charge on any atom is 0.0467 e. The Balaban J connectivity index is 0.000000141. The molecule has 0 amide bonds. The Morgan fingerprint density at radius 1 is 0.274 bits per heavy atom. The molecule has 0 heterocycles. The zero-order valence-electron chi connectivity index (χ0n) is 52.9. The number of hydrogen-bond acceptors (Lipinski definition) is 4. The van der Waals surface area contributed by atoms with Gasteiger partial charge in [0.15, 0.2) is 0 Å². The number of nitrogen functional groups attached to an aromatic ring is 1. The van der Waals surface area contributed by atoms with Crippen molar-refractivity contribution < 1.29 is 0 Å². The summed E-state index contributed by atoms with van der Waals surface area (Å²) in [5, 5.41) is 3.30. The molecule has 4 nitrogen and oxygen atoms in total. The molecule has 4 bridgehead atoms. The largest absolute Gasteiger partial charge is 0.399 e. The summed E-state index contributed by atoms with van der Waals surface area (Å²) in [5.41, 5.74) is 26.2. The van der Waals surface area contributed by atoms with Gasteiger partial charge in [0.2, 0.25) is 0 Å². The number of rotatable bonds is 12. The number of hydrogen-bond donors (Lipinski definition) is 2. The lowest BCUT2D eigenvalue weighted by Crippen LogP contribution is -2.16. The van der Waals surface area contributed by atoms with Gasteiger partial charge in [-0.3, -0.25) is 0 Å². The zero-order chi connectivity index (χ0) is 65.0. The van der Waals surface area contributed by atoms with Crippen LogP contribution in [-0.2, 0) is 0 Å². The fraction of sp³-hybridized carbons (Fsp3) is 0.0909. The van der Waals surface area contributed by atoms with E-state index in [1.807, 2.05) is 103 Å². The van der Waals surface area contributed by atoms with E-state index in [9.17, 15) is 0 Å². The van der Waals surface area contributed by atoms with Crippen LogP contribution in [0.5, 0.6) is 0 Å². The molecule has 6 aliphatic rings. The third-order valence-electron chi connectivity index (χ3n) is 17.3. The highest BCUT2D eigenvalue weighted by Crippen LogP contribution is 2.44. The molecule has 12 aromatic rings. The normalized spacial score (nSPS) is 15.9. The van der Waals surface area contributed by atoms with Crippen molar-refractivity contribution in [2.24, 2.45) is 23.7 Å². The van der Waals surface area contributed by atoms with Gasteiger partial charge in [-0.15, -0.1) is 0 Å².